The Kier molecular flexibility index (Phi) is 7.79. The Balaban J connectivity index is 1.23. The van der Waals surface area contributed by atoms with Crippen molar-refractivity contribution in [2.45, 2.75) is 45.6 Å². The zero-order valence-corrected chi connectivity index (χ0v) is 22.0. The lowest BCUT2D eigenvalue weighted by Crippen LogP contribution is -2.51. The van der Waals surface area contributed by atoms with E-state index >= 15 is 4.39 Å². The third kappa shape index (κ3) is 5.37. The van der Waals surface area contributed by atoms with Crippen molar-refractivity contribution >= 4 is 23.2 Å². The van der Waals surface area contributed by atoms with E-state index in [9.17, 15) is 9.59 Å². The van der Waals surface area contributed by atoms with Gasteiger partial charge in [0.05, 0.1) is 5.69 Å². The number of carbonyl (C=O) groups excluding carboxylic acids is 2. The molecule has 3 fully saturated rings. The van der Waals surface area contributed by atoms with Crippen LogP contribution in [0.25, 0.3) is 0 Å². The van der Waals surface area contributed by atoms with Gasteiger partial charge in [-0.15, -0.1) is 0 Å². The minimum atomic E-state index is -0.337. The fourth-order valence-electron chi connectivity index (χ4n) is 6.72. The van der Waals surface area contributed by atoms with Gasteiger partial charge in [0.1, 0.15) is 11.9 Å². The summed E-state index contributed by atoms with van der Waals surface area (Å²) in [6.45, 7) is 7.94. The SMILES string of the molecule is CCN(CC)C(=O)C(c1ccccc1)N1CCN(c2ccc(NC(=O)C3CC4CCC3C4)cc2F)CC1. The number of carbonyl (C=O) groups is 2. The van der Waals surface area contributed by atoms with Crippen LogP contribution in [0, 0.1) is 23.6 Å². The Morgan fingerprint density at radius 1 is 1.00 bits per heavy atom. The number of rotatable bonds is 8. The molecule has 37 heavy (non-hydrogen) atoms. The van der Waals surface area contributed by atoms with E-state index in [1.165, 1.54) is 18.9 Å². The molecule has 2 amide bonds. The molecule has 2 saturated carbocycles. The van der Waals surface area contributed by atoms with Crippen LogP contribution < -0.4 is 10.2 Å². The van der Waals surface area contributed by atoms with E-state index in [0.717, 1.165) is 18.4 Å². The molecule has 1 aliphatic heterocycles. The van der Waals surface area contributed by atoms with Crippen LogP contribution >= 0.6 is 0 Å². The van der Waals surface area contributed by atoms with E-state index < -0.39 is 0 Å². The summed E-state index contributed by atoms with van der Waals surface area (Å²) < 4.78 is 15.2. The molecule has 1 N–H and O–H groups in total. The van der Waals surface area contributed by atoms with Crippen LogP contribution in [-0.4, -0.2) is 60.9 Å². The van der Waals surface area contributed by atoms with Crippen molar-refractivity contribution in [3.05, 3.63) is 59.9 Å². The predicted molar refractivity (Wildman–Crippen MR) is 145 cm³/mol. The Morgan fingerprint density at radius 3 is 2.32 bits per heavy atom. The maximum atomic E-state index is 15.2. The molecule has 2 bridgehead atoms. The second kappa shape index (κ2) is 11.2. The zero-order valence-electron chi connectivity index (χ0n) is 22.0. The van der Waals surface area contributed by atoms with Gasteiger partial charge in [0, 0.05) is 50.9 Å². The van der Waals surface area contributed by atoms with E-state index in [-0.39, 0.29) is 29.6 Å². The Labute approximate surface area is 219 Å². The molecule has 4 atom stereocenters. The van der Waals surface area contributed by atoms with Crippen LogP contribution in [-0.2, 0) is 9.59 Å². The van der Waals surface area contributed by atoms with Gasteiger partial charge in [-0.2, -0.15) is 0 Å². The molecule has 2 aromatic rings. The highest BCUT2D eigenvalue weighted by molar-refractivity contribution is 5.93. The van der Waals surface area contributed by atoms with Crippen LogP contribution in [0.1, 0.15) is 51.1 Å². The van der Waals surface area contributed by atoms with Gasteiger partial charge in [-0.25, -0.2) is 4.39 Å². The first-order valence-electron chi connectivity index (χ1n) is 13.9. The minimum Gasteiger partial charge on any atom is -0.367 e. The summed E-state index contributed by atoms with van der Waals surface area (Å²) in [5, 5.41) is 2.97. The molecule has 198 valence electrons. The number of hydrogen-bond donors (Lipinski definition) is 1. The number of nitrogens with zero attached hydrogens (tertiary/aromatic N) is 3. The summed E-state index contributed by atoms with van der Waals surface area (Å²) in [5.41, 5.74) is 2.07. The first-order valence-corrected chi connectivity index (χ1v) is 13.9. The van der Waals surface area contributed by atoms with Crippen LogP contribution in [0.5, 0.6) is 0 Å². The van der Waals surface area contributed by atoms with E-state index in [0.29, 0.717) is 62.5 Å². The van der Waals surface area contributed by atoms with Crippen molar-refractivity contribution in [1.82, 2.24) is 9.80 Å². The third-order valence-electron chi connectivity index (χ3n) is 8.73. The number of hydrogen-bond acceptors (Lipinski definition) is 4. The summed E-state index contributed by atoms with van der Waals surface area (Å²) in [6, 6.07) is 14.6. The molecular formula is C30H39FN4O2. The Bertz CT molecular complexity index is 1100. The maximum Gasteiger partial charge on any atom is 0.244 e. The van der Waals surface area contributed by atoms with Gasteiger partial charge in [-0.1, -0.05) is 36.8 Å². The number of nitrogens with one attached hydrogen (secondary N) is 1. The van der Waals surface area contributed by atoms with E-state index in [2.05, 4.69) is 10.2 Å². The number of piperazine rings is 1. The fourth-order valence-corrected chi connectivity index (χ4v) is 6.72. The monoisotopic (exact) mass is 506 g/mol. The smallest absolute Gasteiger partial charge is 0.244 e. The summed E-state index contributed by atoms with van der Waals surface area (Å²) >= 11 is 0. The lowest BCUT2D eigenvalue weighted by atomic mass is 9.88. The number of amides is 2. The van der Waals surface area contributed by atoms with Crippen molar-refractivity contribution in [2.24, 2.45) is 17.8 Å². The molecular weight excluding hydrogens is 467 g/mol. The summed E-state index contributed by atoms with van der Waals surface area (Å²) in [7, 11) is 0. The van der Waals surface area contributed by atoms with Gasteiger partial charge in [-0.05, 0) is 68.7 Å². The van der Waals surface area contributed by atoms with Crippen LogP contribution in [0.3, 0.4) is 0 Å². The average molecular weight is 507 g/mol. The molecule has 1 heterocycles. The first-order chi connectivity index (χ1) is 18.0. The average Bonchev–Trinajstić information content (AvgIpc) is 3.55. The second-order valence-electron chi connectivity index (χ2n) is 10.8. The fraction of sp³-hybridized carbons (Fsp3) is 0.533. The van der Waals surface area contributed by atoms with Gasteiger partial charge in [0.15, 0.2) is 0 Å². The van der Waals surface area contributed by atoms with Gasteiger partial charge in [0.25, 0.3) is 0 Å². The second-order valence-corrected chi connectivity index (χ2v) is 10.8. The van der Waals surface area contributed by atoms with E-state index in [4.69, 9.17) is 0 Å². The van der Waals surface area contributed by atoms with Crippen molar-refractivity contribution in [3.63, 3.8) is 0 Å². The molecule has 3 aliphatic rings. The first kappa shape index (κ1) is 25.7. The number of fused-ring (bicyclic) bond motifs is 2. The third-order valence-corrected chi connectivity index (χ3v) is 8.73. The van der Waals surface area contributed by atoms with Crippen molar-refractivity contribution in [1.29, 1.82) is 0 Å². The van der Waals surface area contributed by atoms with Gasteiger partial charge >= 0.3 is 0 Å². The van der Waals surface area contributed by atoms with E-state index in [1.54, 1.807) is 6.07 Å². The number of likely N-dealkylation sites (N-methyl/N-ethyl adjacent to an activating group) is 1. The summed E-state index contributed by atoms with van der Waals surface area (Å²) in [4.78, 5) is 32.4. The van der Waals surface area contributed by atoms with Crippen LogP contribution in [0.4, 0.5) is 15.8 Å². The summed E-state index contributed by atoms with van der Waals surface area (Å²) in [5.74, 6) is 1.11. The number of halogens is 1. The van der Waals surface area contributed by atoms with Gasteiger partial charge < -0.3 is 15.1 Å². The lowest BCUT2D eigenvalue weighted by Gasteiger charge is -2.41. The normalized spacial score (nSPS) is 24.2. The molecule has 5 rings (SSSR count). The molecule has 6 nitrogen and oxygen atoms in total. The largest absolute Gasteiger partial charge is 0.367 e. The molecule has 0 aromatic heterocycles. The topological polar surface area (TPSA) is 55.9 Å². The van der Waals surface area contributed by atoms with E-state index in [1.807, 2.05) is 60.0 Å². The van der Waals surface area contributed by atoms with Gasteiger partial charge in [0.2, 0.25) is 11.8 Å². The summed E-state index contributed by atoms with van der Waals surface area (Å²) in [6.07, 6.45) is 4.54. The number of benzene rings is 2. The molecule has 2 aliphatic carbocycles. The van der Waals surface area contributed by atoms with Crippen LogP contribution in [0.15, 0.2) is 48.5 Å². The quantitative estimate of drug-likeness (QED) is 0.552. The van der Waals surface area contributed by atoms with Crippen molar-refractivity contribution in [2.75, 3.05) is 49.5 Å². The van der Waals surface area contributed by atoms with Gasteiger partial charge in [-0.3, -0.25) is 14.5 Å². The molecule has 2 aromatic carbocycles. The predicted octanol–water partition coefficient (Wildman–Crippen LogP) is 4.93. The van der Waals surface area contributed by atoms with Crippen molar-refractivity contribution < 1.29 is 14.0 Å². The van der Waals surface area contributed by atoms with Crippen LogP contribution in [0.2, 0.25) is 0 Å². The highest BCUT2D eigenvalue weighted by atomic mass is 19.1. The lowest BCUT2D eigenvalue weighted by molar-refractivity contribution is -0.137. The molecule has 0 radical (unpaired) electrons. The maximum absolute atomic E-state index is 15.2. The number of anilines is 2. The Hall–Kier alpha value is -2.93. The molecule has 7 heteroatoms. The van der Waals surface area contributed by atoms with Crippen molar-refractivity contribution in [3.8, 4) is 0 Å². The molecule has 0 spiro atoms. The highest BCUT2D eigenvalue weighted by Gasteiger charge is 2.43. The standard InChI is InChI=1S/C30H39FN4O2/c1-3-33(4-2)30(37)28(22-8-6-5-7-9-22)35-16-14-34(15-17-35)27-13-12-24(20-26(27)31)32-29(36)25-19-21-10-11-23(25)18-21/h5-9,12-13,20-21,23,25,28H,3-4,10-11,14-19H2,1-2H3,(H,32,36). The zero-order chi connectivity index (χ0) is 25.9. The minimum absolute atomic E-state index is 0.0396. The molecule has 1 saturated heterocycles. The Morgan fingerprint density at radius 2 is 1.73 bits per heavy atom. The highest BCUT2D eigenvalue weighted by Crippen LogP contribution is 2.48. The molecule has 4 unspecified atom stereocenters.